The second kappa shape index (κ2) is 7.61. The summed E-state index contributed by atoms with van der Waals surface area (Å²) in [7, 11) is 0. The van der Waals surface area contributed by atoms with Crippen LogP contribution in [0.5, 0.6) is 0 Å². The zero-order valence-electron chi connectivity index (χ0n) is 17.5. The number of benzene rings is 1. The maximum Gasteiger partial charge on any atom is 0.338 e. The average Bonchev–Trinajstić information content (AvgIpc) is 3.37. The van der Waals surface area contributed by atoms with E-state index in [4.69, 9.17) is 14.2 Å². The zero-order valence-corrected chi connectivity index (χ0v) is 17.5. The van der Waals surface area contributed by atoms with Crippen molar-refractivity contribution >= 4 is 22.7 Å². The molecule has 2 fully saturated rings. The second-order valence-corrected chi connectivity index (χ2v) is 8.81. The highest BCUT2D eigenvalue weighted by Crippen LogP contribution is 2.49. The van der Waals surface area contributed by atoms with Crippen LogP contribution < -0.4 is 0 Å². The molecule has 1 aliphatic carbocycles. The van der Waals surface area contributed by atoms with Crippen LogP contribution in [0.2, 0.25) is 0 Å². The van der Waals surface area contributed by atoms with Crippen LogP contribution in [0.4, 0.5) is 0 Å². The highest BCUT2D eigenvalue weighted by atomic mass is 16.6. The van der Waals surface area contributed by atoms with E-state index < -0.39 is 0 Å². The van der Waals surface area contributed by atoms with E-state index >= 15 is 0 Å². The van der Waals surface area contributed by atoms with Crippen molar-refractivity contribution < 1.29 is 23.8 Å². The molecule has 3 heterocycles. The predicted octanol–water partition coefficient (Wildman–Crippen LogP) is 4.15. The minimum absolute atomic E-state index is 0.0587. The van der Waals surface area contributed by atoms with Crippen LogP contribution >= 0.6 is 0 Å². The minimum Gasteiger partial charge on any atom is -0.458 e. The van der Waals surface area contributed by atoms with Crippen molar-refractivity contribution in [3.05, 3.63) is 66.0 Å². The van der Waals surface area contributed by atoms with Gasteiger partial charge >= 0.3 is 11.9 Å². The Labute approximate surface area is 180 Å². The van der Waals surface area contributed by atoms with Crippen LogP contribution in [0.1, 0.15) is 43.0 Å². The quantitative estimate of drug-likeness (QED) is 0.322. The summed E-state index contributed by atoms with van der Waals surface area (Å²) >= 11 is 0. The van der Waals surface area contributed by atoms with Gasteiger partial charge in [-0.15, -0.1) is 0 Å². The van der Waals surface area contributed by atoms with Gasteiger partial charge in [0.05, 0.1) is 11.2 Å². The normalized spacial score (nSPS) is 31.8. The lowest BCUT2D eigenvalue weighted by Crippen LogP contribution is -2.29. The Morgan fingerprint density at radius 1 is 1.32 bits per heavy atom. The molecule has 160 valence electrons. The number of nitrogens with zero attached hydrogens (tertiary/aromatic N) is 1. The van der Waals surface area contributed by atoms with E-state index in [0.717, 1.165) is 42.0 Å². The molecular weight excluding hydrogens is 394 g/mol. The zero-order chi connectivity index (χ0) is 21.6. The highest BCUT2D eigenvalue weighted by Gasteiger charge is 2.61. The van der Waals surface area contributed by atoms with Crippen molar-refractivity contribution in [3.8, 4) is 0 Å². The van der Waals surface area contributed by atoms with Crippen molar-refractivity contribution in [2.24, 2.45) is 5.92 Å². The van der Waals surface area contributed by atoms with Gasteiger partial charge < -0.3 is 14.2 Å². The molecule has 0 unspecified atom stereocenters. The minimum atomic E-state index is -0.351. The first kappa shape index (κ1) is 19.9. The number of aromatic nitrogens is 1. The third-order valence-electron chi connectivity index (χ3n) is 6.70. The van der Waals surface area contributed by atoms with Gasteiger partial charge in [-0.2, -0.15) is 0 Å². The van der Waals surface area contributed by atoms with Gasteiger partial charge in [0.15, 0.2) is 0 Å². The van der Waals surface area contributed by atoms with Gasteiger partial charge in [-0.3, -0.25) is 4.98 Å². The molecule has 5 rings (SSSR count). The maximum absolute atomic E-state index is 12.6. The number of epoxide rings is 1. The SMILES string of the molecule is C=C1C(=O)O[C@H]2[C@H]1CC/C(COC(=O)c1ccc3cnccc3c1)=C\CC[C@@]1(C)O[C@@H]21. The summed E-state index contributed by atoms with van der Waals surface area (Å²) in [5.41, 5.74) is 1.81. The molecule has 2 aliphatic heterocycles. The molecule has 2 aromatic rings. The molecule has 1 aromatic heterocycles. The lowest BCUT2D eigenvalue weighted by molar-refractivity contribution is -0.140. The number of allylic oxidation sites excluding steroid dienone is 1. The maximum atomic E-state index is 12.6. The molecule has 6 heteroatoms. The van der Waals surface area contributed by atoms with Gasteiger partial charge in [0.1, 0.15) is 18.8 Å². The summed E-state index contributed by atoms with van der Waals surface area (Å²) < 4.78 is 17.2. The van der Waals surface area contributed by atoms with Crippen LogP contribution in [0, 0.1) is 5.92 Å². The molecule has 0 bridgehead atoms. The third-order valence-corrected chi connectivity index (χ3v) is 6.70. The Bertz CT molecular complexity index is 1110. The third kappa shape index (κ3) is 3.76. The molecule has 1 aromatic carbocycles. The fourth-order valence-electron chi connectivity index (χ4n) is 4.70. The Morgan fingerprint density at radius 2 is 2.19 bits per heavy atom. The average molecular weight is 419 g/mol. The standard InChI is InChI=1S/C25H25NO5/c1-15-20-8-5-16(4-3-10-25(2)22(31-25)21(20)30-23(15)27)14-29-24(28)18-6-7-19-13-26-11-9-17(19)12-18/h4,6-7,9,11-13,20-22H,1,3,5,8,10,14H2,2H3/b16-4+/t20-,21-,22-,25+/m0/s1. The summed E-state index contributed by atoms with van der Waals surface area (Å²) in [6.07, 6.45) is 8.39. The van der Waals surface area contributed by atoms with Crippen molar-refractivity contribution in [1.82, 2.24) is 4.98 Å². The number of pyridine rings is 1. The van der Waals surface area contributed by atoms with E-state index in [1.54, 1.807) is 18.5 Å². The van der Waals surface area contributed by atoms with Crippen LogP contribution in [0.25, 0.3) is 10.8 Å². The Balaban J connectivity index is 1.28. The summed E-state index contributed by atoms with van der Waals surface area (Å²) in [5.74, 6) is -0.739. The van der Waals surface area contributed by atoms with Crippen molar-refractivity contribution in [2.75, 3.05) is 6.61 Å². The van der Waals surface area contributed by atoms with Gasteiger partial charge in [-0.1, -0.05) is 18.7 Å². The van der Waals surface area contributed by atoms with Gasteiger partial charge in [-0.05, 0) is 61.8 Å². The fraction of sp³-hybridized carbons (Fsp3) is 0.400. The largest absolute Gasteiger partial charge is 0.458 e. The van der Waals surface area contributed by atoms with E-state index in [0.29, 0.717) is 11.1 Å². The summed E-state index contributed by atoms with van der Waals surface area (Å²) in [6, 6.07) is 7.33. The van der Waals surface area contributed by atoms with Crippen LogP contribution in [-0.2, 0) is 19.0 Å². The molecular formula is C25H25NO5. The number of ether oxygens (including phenoxy) is 3. The first-order chi connectivity index (χ1) is 14.9. The van der Waals surface area contributed by atoms with Crippen molar-refractivity contribution in [2.45, 2.75) is 50.4 Å². The van der Waals surface area contributed by atoms with E-state index in [9.17, 15) is 9.59 Å². The number of carbonyl (C=O) groups is 2. The summed E-state index contributed by atoms with van der Waals surface area (Å²) in [4.78, 5) is 28.8. The predicted molar refractivity (Wildman–Crippen MR) is 114 cm³/mol. The number of rotatable bonds is 3. The topological polar surface area (TPSA) is 78.0 Å². The molecule has 0 N–H and O–H groups in total. The molecule has 0 radical (unpaired) electrons. The molecule has 4 atom stereocenters. The Kier molecular flexibility index (Phi) is 4.89. The Hall–Kier alpha value is -2.99. The van der Waals surface area contributed by atoms with E-state index in [-0.39, 0.29) is 42.3 Å². The number of carbonyl (C=O) groups excluding carboxylic acids is 2. The second-order valence-electron chi connectivity index (χ2n) is 8.81. The first-order valence-electron chi connectivity index (χ1n) is 10.7. The van der Waals surface area contributed by atoms with E-state index in [1.807, 2.05) is 18.2 Å². The molecule has 0 saturated carbocycles. The molecule has 31 heavy (non-hydrogen) atoms. The number of hydrogen-bond acceptors (Lipinski definition) is 6. The van der Waals surface area contributed by atoms with Crippen LogP contribution in [-0.4, -0.2) is 41.3 Å². The van der Waals surface area contributed by atoms with Gasteiger partial charge in [0.2, 0.25) is 0 Å². The van der Waals surface area contributed by atoms with E-state index in [1.165, 1.54) is 0 Å². The van der Waals surface area contributed by atoms with Crippen molar-refractivity contribution in [3.63, 3.8) is 0 Å². The first-order valence-corrected chi connectivity index (χ1v) is 10.7. The lowest BCUT2D eigenvalue weighted by Gasteiger charge is -2.20. The molecule has 3 aliphatic rings. The monoisotopic (exact) mass is 419 g/mol. The van der Waals surface area contributed by atoms with Crippen LogP contribution in [0.15, 0.2) is 60.5 Å². The molecule has 0 amide bonds. The molecule has 6 nitrogen and oxygen atoms in total. The number of esters is 2. The van der Waals surface area contributed by atoms with Crippen LogP contribution in [0.3, 0.4) is 0 Å². The van der Waals surface area contributed by atoms with Gasteiger partial charge in [-0.25, -0.2) is 9.59 Å². The lowest BCUT2D eigenvalue weighted by atomic mass is 9.84. The van der Waals surface area contributed by atoms with E-state index in [2.05, 4.69) is 24.6 Å². The Morgan fingerprint density at radius 3 is 3.06 bits per heavy atom. The molecule has 0 spiro atoms. The van der Waals surface area contributed by atoms with Gasteiger partial charge in [0, 0.05) is 29.3 Å². The number of fused-ring (bicyclic) bond motifs is 4. The van der Waals surface area contributed by atoms with Gasteiger partial charge in [0.25, 0.3) is 0 Å². The fourth-order valence-corrected chi connectivity index (χ4v) is 4.70. The summed E-state index contributed by atoms with van der Waals surface area (Å²) in [6.45, 7) is 6.24. The molecule has 2 saturated heterocycles. The summed E-state index contributed by atoms with van der Waals surface area (Å²) in [5, 5.41) is 1.93. The smallest absolute Gasteiger partial charge is 0.338 e. The number of hydrogen-bond donors (Lipinski definition) is 0. The highest BCUT2D eigenvalue weighted by molar-refractivity contribution is 5.95. The van der Waals surface area contributed by atoms with Crippen molar-refractivity contribution in [1.29, 1.82) is 0 Å².